The summed E-state index contributed by atoms with van der Waals surface area (Å²) < 4.78 is 52.7. The van der Waals surface area contributed by atoms with Crippen LogP contribution in [-0.4, -0.2) is 59.9 Å². The van der Waals surface area contributed by atoms with Crippen molar-refractivity contribution in [1.82, 2.24) is 14.1 Å². The normalized spacial score (nSPS) is 18.7. The zero-order valence-corrected chi connectivity index (χ0v) is 29.0. The van der Waals surface area contributed by atoms with Crippen LogP contribution in [0.5, 0.6) is 17.2 Å². The van der Waals surface area contributed by atoms with Gasteiger partial charge in [0.15, 0.2) is 0 Å². The third kappa shape index (κ3) is 7.68. The van der Waals surface area contributed by atoms with Crippen LogP contribution >= 0.6 is 0 Å². The van der Waals surface area contributed by atoms with E-state index in [4.69, 9.17) is 24.0 Å². The number of nitrogens with zero attached hydrogens (tertiary/aromatic N) is 4. The summed E-state index contributed by atoms with van der Waals surface area (Å²) in [6.07, 6.45) is 0.663. The monoisotopic (exact) mass is 705 g/mol. The predicted molar refractivity (Wildman–Crippen MR) is 184 cm³/mol. The number of sulfonamides is 1. The molecule has 1 aliphatic heterocycles. The van der Waals surface area contributed by atoms with Crippen molar-refractivity contribution in [2.45, 2.75) is 69.0 Å². The summed E-state index contributed by atoms with van der Waals surface area (Å²) in [6, 6.07) is 19.4. The van der Waals surface area contributed by atoms with Crippen LogP contribution in [0.4, 0.5) is 22.0 Å². The number of hydrogen-bond acceptors (Lipinski definition) is 11. The molecular formula is C35H39N5O9S. The number of non-ortho nitro benzene ring substituents is 1. The molecule has 0 spiro atoms. The summed E-state index contributed by atoms with van der Waals surface area (Å²) in [6.45, 7) is 6.71. The van der Waals surface area contributed by atoms with Crippen molar-refractivity contribution < 1.29 is 37.1 Å². The van der Waals surface area contributed by atoms with Gasteiger partial charge in [-0.1, -0.05) is 12.1 Å². The van der Waals surface area contributed by atoms with Gasteiger partial charge in [-0.25, -0.2) is 17.9 Å². The second-order valence-corrected chi connectivity index (χ2v) is 15.1. The van der Waals surface area contributed by atoms with Crippen molar-refractivity contribution in [3.05, 3.63) is 94.2 Å². The molecule has 2 aliphatic rings. The standard InChI is InChI=1S/C35H39N5O9S/c1-35(2,3)39-33(21-30(37-39)24-7-13-29(19-24)49-34(41)48-28-14-9-26(10-15-28)40(42)43)36-25-8-16-32-31(20-25)47-18-17-38(50(32,44)45)22-23-5-11-27(46-4)12-6-23/h5-6,8-12,14-16,20-21,24,29,36H,7,13,17-19,22H2,1-4H3/t24-,29+/m0/s1. The van der Waals surface area contributed by atoms with Crippen LogP contribution in [0.2, 0.25) is 0 Å². The summed E-state index contributed by atoms with van der Waals surface area (Å²) in [5.74, 6) is 1.86. The van der Waals surface area contributed by atoms with Gasteiger partial charge in [0.1, 0.15) is 40.7 Å². The number of carbonyl (C=O) groups excluding carboxylic acids is 1. The lowest BCUT2D eigenvalue weighted by molar-refractivity contribution is -0.384. The molecule has 4 aromatic rings. The Morgan fingerprint density at radius 2 is 1.76 bits per heavy atom. The number of hydrogen-bond donors (Lipinski definition) is 1. The van der Waals surface area contributed by atoms with Crippen LogP contribution in [0.1, 0.15) is 57.2 Å². The molecule has 264 valence electrons. The van der Waals surface area contributed by atoms with Gasteiger partial charge in [0.2, 0.25) is 10.0 Å². The van der Waals surface area contributed by atoms with Crippen LogP contribution in [0.3, 0.4) is 0 Å². The minimum absolute atomic E-state index is 0.0218. The molecular weight excluding hydrogens is 666 g/mol. The van der Waals surface area contributed by atoms with E-state index >= 15 is 0 Å². The lowest BCUT2D eigenvalue weighted by Gasteiger charge is -2.23. The Hall–Kier alpha value is -5.15. The molecule has 2 atom stereocenters. The largest absolute Gasteiger partial charge is 0.514 e. The van der Waals surface area contributed by atoms with E-state index in [-0.39, 0.29) is 53.8 Å². The van der Waals surface area contributed by atoms with Gasteiger partial charge in [-0.15, -0.1) is 0 Å². The average Bonchev–Trinajstić information content (AvgIpc) is 3.69. The van der Waals surface area contributed by atoms with Gasteiger partial charge in [-0.2, -0.15) is 9.40 Å². The van der Waals surface area contributed by atoms with E-state index in [0.29, 0.717) is 30.1 Å². The lowest BCUT2D eigenvalue weighted by Crippen LogP contribution is -2.32. The van der Waals surface area contributed by atoms with Crippen LogP contribution in [0.25, 0.3) is 0 Å². The number of nitro benzene ring substituents is 1. The molecule has 0 unspecified atom stereocenters. The molecule has 1 aliphatic carbocycles. The molecule has 1 aromatic heterocycles. The topological polar surface area (TPSA) is 164 Å². The van der Waals surface area contributed by atoms with Crippen LogP contribution < -0.4 is 19.5 Å². The number of rotatable bonds is 9. The van der Waals surface area contributed by atoms with Crippen LogP contribution in [0, 0.1) is 10.1 Å². The highest BCUT2D eigenvalue weighted by atomic mass is 32.2. The van der Waals surface area contributed by atoms with E-state index in [1.807, 2.05) is 43.7 Å². The molecule has 0 bridgehead atoms. The zero-order valence-electron chi connectivity index (χ0n) is 28.2. The molecule has 6 rings (SSSR count). The second-order valence-electron chi connectivity index (χ2n) is 13.2. The minimum atomic E-state index is -3.84. The van der Waals surface area contributed by atoms with Gasteiger partial charge in [0.25, 0.3) is 5.69 Å². The van der Waals surface area contributed by atoms with Crippen molar-refractivity contribution >= 4 is 33.4 Å². The maximum Gasteiger partial charge on any atom is 0.514 e. The van der Waals surface area contributed by atoms with Crippen molar-refractivity contribution in [2.75, 3.05) is 25.6 Å². The maximum atomic E-state index is 13.7. The van der Waals surface area contributed by atoms with E-state index in [0.717, 1.165) is 17.7 Å². The smallest absolute Gasteiger partial charge is 0.497 e. The highest BCUT2D eigenvalue weighted by molar-refractivity contribution is 7.89. The molecule has 14 nitrogen and oxygen atoms in total. The number of methoxy groups -OCH3 is 1. The Morgan fingerprint density at radius 3 is 2.44 bits per heavy atom. The predicted octanol–water partition coefficient (Wildman–Crippen LogP) is 6.73. The number of nitrogens with one attached hydrogen (secondary N) is 1. The van der Waals surface area contributed by atoms with E-state index in [1.165, 1.54) is 28.6 Å². The summed E-state index contributed by atoms with van der Waals surface area (Å²) in [5.41, 5.74) is 1.81. The molecule has 15 heteroatoms. The van der Waals surface area contributed by atoms with Gasteiger partial charge in [-0.05, 0) is 82.0 Å². The second kappa shape index (κ2) is 14.0. The van der Waals surface area contributed by atoms with Crippen LogP contribution in [-0.2, 0) is 26.8 Å². The maximum absolute atomic E-state index is 13.7. The van der Waals surface area contributed by atoms with Gasteiger partial charge in [0, 0.05) is 49.0 Å². The van der Waals surface area contributed by atoms with Crippen molar-refractivity contribution in [1.29, 1.82) is 0 Å². The SMILES string of the molecule is COc1ccc(CN2CCOc3cc(Nc4cc([C@H]5CC[C@@H](OC(=O)Oc6ccc([N+](=O)[O-])cc6)C5)nn4C(C)(C)C)ccc3S2(=O)=O)cc1. The average molecular weight is 706 g/mol. The first-order chi connectivity index (χ1) is 23.8. The molecule has 50 heavy (non-hydrogen) atoms. The van der Waals surface area contributed by atoms with Gasteiger partial charge in [-0.3, -0.25) is 10.1 Å². The Morgan fingerprint density at radius 1 is 1.04 bits per heavy atom. The fraction of sp³-hybridized carbons (Fsp3) is 0.371. The first kappa shape index (κ1) is 34.7. The van der Waals surface area contributed by atoms with E-state index in [1.54, 1.807) is 37.4 Å². The minimum Gasteiger partial charge on any atom is -0.497 e. The molecule has 3 aromatic carbocycles. The number of ether oxygens (including phenoxy) is 4. The van der Waals surface area contributed by atoms with E-state index in [9.17, 15) is 23.3 Å². The number of carbonyl (C=O) groups is 1. The number of nitro groups is 1. The van der Waals surface area contributed by atoms with Crippen molar-refractivity contribution in [2.24, 2.45) is 0 Å². The third-order valence-corrected chi connectivity index (χ3v) is 10.5. The molecule has 2 heterocycles. The summed E-state index contributed by atoms with van der Waals surface area (Å²) in [4.78, 5) is 22.9. The summed E-state index contributed by atoms with van der Waals surface area (Å²) >= 11 is 0. The molecule has 0 saturated heterocycles. The first-order valence-corrected chi connectivity index (χ1v) is 17.6. The van der Waals surface area contributed by atoms with Crippen molar-refractivity contribution in [3.8, 4) is 17.2 Å². The Bertz CT molecular complexity index is 1970. The van der Waals surface area contributed by atoms with Gasteiger partial charge < -0.3 is 24.3 Å². The number of fused-ring (bicyclic) bond motifs is 1. The Balaban J connectivity index is 1.14. The Labute approximate surface area is 290 Å². The van der Waals surface area contributed by atoms with Crippen molar-refractivity contribution in [3.63, 3.8) is 0 Å². The molecule has 1 fully saturated rings. The highest BCUT2D eigenvalue weighted by Crippen LogP contribution is 2.39. The van der Waals surface area contributed by atoms with Crippen LogP contribution in [0.15, 0.2) is 77.7 Å². The first-order valence-electron chi connectivity index (χ1n) is 16.2. The fourth-order valence-electron chi connectivity index (χ4n) is 6.08. The molecule has 1 N–H and O–H groups in total. The highest BCUT2D eigenvalue weighted by Gasteiger charge is 2.34. The fourth-order valence-corrected chi connectivity index (χ4v) is 7.61. The zero-order chi connectivity index (χ0) is 35.6. The van der Waals surface area contributed by atoms with E-state index in [2.05, 4.69) is 5.32 Å². The molecule has 0 radical (unpaired) electrons. The summed E-state index contributed by atoms with van der Waals surface area (Å²) in [7, 11) is -2.25. The quantitative estimate of drug-likeness (QED) is 0.0849. The third-order valence-electron chi connectivity index (χ3n) is 8.63. The summed E-state index contributed by atoms with van der Waals surface area (Å²) in [5, 5.41) is 19.2. The number of anilines is 2. The molecule has 1 saturated carbocycles. The van der Waals surface area contributed by atoms with Gasteiger partial charge in [0.05, 0.1) is 23.3 Å². The van der Waals surface area contributed by atoms with E-state index < -0.39 is 26.6 Å². The lowest BCUT2D eigenvalue weighted by atomic mass is 10.0. The Kier molecular flexibility index (Phi) is 9.71. The van der Waals surface area contributed by atoms with Gasteiger partial charge >= 0.3 is 6.16 Å². The molecule has 0 amide bonds. The number of benzene rings is 3. The number of aromatic nitrogens is 2.